The summed E-state index contributed by atoms with van der Waals surface area (Å²) in [7, 11) is 0. The molecular weight excluding hydrogens is 446 g/mol. The molecule has 0 spiro atoms. The molecule has 6 aromatic rings. The molecule has 8 heteroatoms. The van der Waals surface area contributed by atoms with Crippen LogP contribution in [0.2, 0.25) is 0 Å². The average molecular weight is 468 g/mol. The van der Waals surface area contributed by atoms with E-state index in [2.05, 4.69) is 52.9 Å². The Balaban J connectivity index is 1.14. The number of hydrogen-bond acceptors (Lipinski definition) is 8. The number of fused-ring (bicyclic) bond motifs is 2. The summed E-state index contributed by atoms with van der Waals surface area (Å²) in [6.07, 6.45) is 5.27. The number of thiophene rings is 1. The molecule has 0 aliphatic heterocycles. The first kappa shape index (κ1) is 20.6. The molecule has 0 fully saturated rings. The number of aromatic nitrogens is 4. The summed E-state index contributed by atoms with van der Waals surface area (Å²) in [4.78, 5) is 11.7. The second-order valence-electron chi connectivity index (χ2n) is 8.15. The van der Waals surface area contributed by atoms with Gasteiger partial charge in [0.25, 0.3) is 0 Å². The molecule has 6 rings (SSSR count). The molecule has 0 amide bonds. The molecule has 4 heterocycles. The maximum absolute atomic E-state index is 5.22. The molecule has 0 unspecified atom stereocenters. The summed E-state index contributed by atoms with van der Waals surface area (Å²) < 4.78 is 10.1. The molecule has 34 heavy (non-hydrogen) atoms. The van der Waals surface area contributed by atoms with Crippen molar-refractivity contribution in [2.75, 3.05) is 11.9 Å². The number of nitrogens with one attached hydrogen (secondary N) is 1. The van der Waals surface area contributed by atoms with Crippen molar-refractivity contribution in [2.24, 2.45) is 0 Å². The van der Waals surface area contributed by atoms with Crippen LogP contribution in [0.15, 0.2) is 76.2 Å². The van der Waals surface area contributed by atoms with Crippen LogP contribution in [-0.4, -0.2) is 26.8 Å². The van der Waals surface area contributed by atoms with Gasteiger partial charge < -0.3 is 9.73 Å². The van der Waals surface area contributed by atoms with Crippen molar-refractivity contribution < 1.29 is 9.05 Å². The molecule has 0 saturated carbocycles. The topological polar surface area (TPSA) is 89.9 Å². The lowest BCUT2D eigenvalue weighted by atomic mass is 10.0. The van der Waals surface area contributed by atoms with E-state index in [0.717, 1.165) is 63.1 Å². The third-order valence-electron chi connectivity index (χ3n) is 5.78. The quantitative estimate of drug-likeness (QED) is 0.268. The molecule has 0 atom stereocenters. The second kappa shape index (κ2) is 8.72. The number of hydrogen-bond donors (Lipinski definition) is 1. The lowest BCUT2D eigenvalue weighted by molar-refractivity contribution is 0.315. The molecule has 1 N–H and O–H groups in total. The summed E-state index contributed by atoms with van der Waals surface area (Å²) in [5.74, 6) is 1.55. The second-order valence-corrected chi connectivity index (χ2v) is 9.38. The van der Waals surface area contributed by atoms with E-state index < -0.39 is 0 Å². The van der Waals surface area contributed by atoms with Gasteiger partial charge in [-0.15, -0.1) is 11.3 Å². The van der Waals surface area contributed by atoms with Crippen LogP contribution >= 0.6 is 11.3 Å². The standard InChI is InChI=1S/C26H21N5O2S/c1-16-14-21-25(28-24(29-26(21)34-16)19-11-13-32-15-19)27-12-3-4-17-7-9-18(10-8-17)20-5-2-6-22-23(20)31-33-30-22/h2,5-11,13-15H,3-4,12H2,1H3,(H,27,28,29). The highest BCUT2D eigenvalue weighted by atomic mass is 32.1. The van der Waals surface area contributed by atoms with E-state index in [9.17, 15) is 0 Å². The molecule has 0 radical (unpaired) electrons. The summed E-state index contributed by atoms with van der Waals surface area (Å²) in [5, 5.41) is 12.6. The molecule has 0 aliphatic carbocycles. The number of nitrogens with zero attached hydrogens (tertiary/aromatic N) is 4. The average Bonchev–Trinajstić information content (AvgIpc) is 3.62. The van der Waals surface area contributed by atoms with Gasteiger partial charge >= 0.3 is 0 Å². The third-order valence-corrected chi connectivity index (χ3v) is 6.73. The molecule has 2 aromatic carbocycles. The first-order chi connectivity index (χ1) is 16.7. The molecule has 7 nitrogen and oxygen atoms in total. The predicted molar refractivity (Wildman–Crippen MR) is 134 cm³/mol. The zero-order chi connectivity index (χ0) is 22.9. The normalized spacial score (nSPS) is 11.4. The smallest absolute Gasteiger partial charge is 0.166 e. The van der Waals surface area contributed by atoms with E-state index in [1.165, 1.54) is 10.4 Å². The SMILES string of the molecule is Cc1cc2c(NCCCc3ccc(-c4cccc5nonc45)cc3)nc(-c3ccoc3)nc2s1. The summed E-state index contributed by atoms with van der Waals surface area (Å²) in [5.41, 5.74) is 5.85. The Morgan fingerprint density at radius 2 is 1.88 bits per heavy atom. The molecular formula is C26H21N5O2S. The van der Waals surface area contributed by atoms with Gasteiger partial charge in [-0.3, -0.25) is 0 Å². The Morgan fingerprint density at radius 1 is 0.971 bits per heavy atom. The van der Waals surface area contributed by atoms with Gasteiger partial charge in [0.2, 0.25) is 0 Å². The van der Waals surface area contributed by atoms with Crippen molar-refractivity contribution in [2.45, 2.75) is 19.8 Å². The van der Waals surface area contributed by atoms with E-state index in [0.29, 0.717) is 5.82 Å². The van der Waals surface area contributed by atoms with Crippen molar-refractivity contribution in [3.8, 4) is 22.5 Å². The maximum Gasteiger partial charge on any atom is 0.166 e. The van der Waals surface area contributed by atoms with E-state index in [-0.39, 0.29) is 0 Å². The van der Waals surface area contributed by atoms with Gasteiger partial charge in [0.1, 0.15) is 27.9 Å². The predicted octanol–water partition coefficient (Wildman–Crippen LogP) is 6.51. The van der Waals surface area contributed by atoms with Crippen LogP contribution in [0.1, 0.15) is 16.9 Å². The molecule has 0 aliphatic rings. The maximum atomic E-state index is 5.22. The Kier molecular flexibility index (Phi) is 5.27. The number of aryl methyl sites for hydroxylation is 2. The lowest BCUT2D eigenvalue weighted by Crippen LogP contribution is -2.06. The van der Waals surface area contributed by atoms with Crippen LogP contribution < -0.4 is 5.32 Å². The van der Waals surface area contributed by atoms with Gasteiger partial charge in [0, 0.05) is 17.0 Å². The first-order valence-electron chi connectivity index (χ1n) is 11.1. The van der Waals surface area contributed by atoms with Crippen molar-refractivity contribution in [3.63, 3.8) is 0 Å². The van der Waals surface area contributed by atoms with Crippen molar-refractivity contribution in [1.82, 2.24) is 20.3 Å². The largest absolute Gasteiger partial charge is 0.472 e. The molecule has 0 bridgehead atoms. The van der Waals surface area contributed by atoms with Crippen molar-refractivity contribution >= 4 is 38.4 Å². The Morgan fingerprint density at radius 3 is 2.74 bits per heavy atom. The molecule has 0 saturated heterocycles. The monoisotopic (exact) mass is 467 g/mol. The van der Waals surface area contributed by atoms with Crippen LogP contribution in [-0.2, 0) is 6.42 Å². The number of anilines is 1. The summed E-state index contributed by atoms with van der Waals surface area (Å²) in [6.45, 7) is 2.91. The van der Waals surface area contributed by atoms with Crippen LogP contribution in [0, 0.1) is 6.92 Å². The van der Waals surface area contributed by atoms with Gasteiger partial charge in [-0.05, 0) is 59.4 Å². The minimum absolute atomic E-state index is 0.679. The van der Waals surface area contributed by atoms with E-state index in [1.807, 2.05) is 24.3 Å². The highest BCUT2D eigenvalue weighted by Gasteiger charge is 2.13. The van der Waals surface area contributed by atoms with Crippen LogP contribution in [0.4, 0.5) is 5.82 Å². The molecule has 4 aromatic heterocycles. The van der Waals surface area contributed by atoms with Crippen molar-refractivity contribution in [1.29, 1.82) is 0 Å². The van der Waals surface area contributed by atoms with E-state index >= 15 is 0 Å². The Bertz CT molecular complexity index is 1570. The van der Waals surface area contributed by atoms with Gasteiger partial charge in [-0.25, -0.2) is 14.6 Å². The minimum Gasteiger partial charge on any atom is -0.472 e. The number of rotatable bonds is 7. The van der Waals surface area contributed by atoms with E-state index in [1.54, 1.807) is 23.9 Å². The Hall–Kier alpha value is -4.04. The zero-order valence-corrected chi connectivity index (χ0v) is 19.3. The Labute approximate surface area is 199 Å². The fraction of sp³-hybridized carbons (Fsp3) is 0.154. The summed E-state index contributed by atoms with van der Waals surface area (Å²) in [6, 6.07) is 18.5. The lowest BCUT2D eigenvalue weighted by Gasteiger charge is -2.09. The van der Waals surface area contributed by atoms with Crippen LogP contribution in [0.3, 0.4) is 0 Å². The van der Waals surface area contributed by atoms with Gasteiger partial charge in [0.15, 0.2) is 5.82 Å². The number of furan rings is 1. The first-order valence-corrected chi connectivity index (χ1v) is 11.9. The van der Waals surface area contributed by atoms with Crippen LogP contribution in [0.5, 0.6) is 0 Å². The van der Waals surface area contributed by atoms with Gasteiger partial charge in [-0.2, -0.15) is 0 Å². The highest BCUT2D eigenvalue weighted by molar-refractivity contribution is 7.18. The fourth-order valence-corrected chi connectivity index (χ4v) is 4.97. The van der Waals surface area contributed by atoms with E-state index in [4.69, 9.17) is 19.0 Å². The third kappa shape index (κ3) is 3.92. The van der Waals surface area contributed by atoms with Gasteiger partial charge in [0.05, 0.1) is 17.2 Å². The number of benzene rings is 2. The minimum atomic E-state index is 0.679. The highest BCUT2D eigenvalue weighted by Crippen LogP contribution is 2.31. The van der Waals surface area contributed by atoms with Crippen LogP contribution in [0.25, 0.3) is 43.8 Å². The fourth-order valence-electron chi connectivity index (χ4n) is 4.09. The molecule has 168 valence electrons. The van der Waals surface area contributed by atoms with Crippen molar-refractivity contribution in [3.05, 3.63) is 77.6 Å². The summed E-state index contributed by atoms with van der Waals surface area (Å²) >= 11 is 1.68. The zero-order valence-electron chi connectivity index (χ0n) is 18.5. The van der Waals surface area contributed by atoms with Gasteiger partial charge in [-0.1, -0.05) is 36.4 Å².